The minimum absolute atomic E-state index is 0.264. The fraction of sp³-hybridized carbons (Fsp3) is 0.538. The van der Waals surface area contributed by atoms with E-state index in [1.807, 2.05) is 26.0 Å². The van der Waals surface area contributed by atoms with Crippen molar-refractivity contribution in [3.8, 4) is 5.75 Å². The largest absolute Gasteiger partial charge is 0.507 e. The molecule has 0 spiro atoms. The van der Waals surface area contributed by atoms with Crippen molar-refractivity contribution >= 4 is 0 Å². The van der Waals surface area contributed by atoms with Crippen LogP contribution in [0.15, 0.2) is 12.1 Å². The maximum Gasteiger partial charge on any atom is 0.261 e. The van der Waals surface area contributed by atoms with E-state index in [1.54, 1.807) is 0 Å². The molecule has 1 rings (SSSR count). The number of rotatable bonds is 7. The van der Waals surface area contributed by atoms with Gasteiger partial charge in [-0.1, -0.05) is 12.1 Å². The zero-order valence-corrected chi connectivity index (χ0v) is 10.7. The second-order valence-corrected chi connectivity index (χ2v) is 4.22. The number of ether oxygens (including phenoxy) is 1. The monoisotopic (exact) mass is 259 g/mol. The van der Waals surface area contributed by atoms with Crippen LogP contribution >= 0.6 is 0 Å². The van der Waals surface area contributed by atoms with Crippen LogP contribution in [0.3, 0.4) is 0 Å². The Morgan fingerprint density at radius 1 is 1.28 bits per heavy atom. The van der Waals surface area contributed by atoms with Gasteiger partial charge < -0.3 is 15.2 Å². The third-order valence-electron chi connectivity index (χ3n) is 2.55. The summed E-state index contributed by atoms with van der Waals surface area (Å²) < 4.78 is 28.3. The first-order valence-electron chi connectivity index (χ1n) is 5.86. The normalized spacial score (nSPS) is 11.2. The van der Waals surface area contributed by atoms with Crippen molar-refractivity contribution < 1.29 is 18.6 Å². The molecule has 0 saturated heterocycles. The highest BCUT2D eigenvalue weighted by molar-refractivity contribution is 5.42. The van der Waals surface area contributed by atoms with Crippen LogP contribution in [0.2, 0.25) is 0 Å². The first-order chi connectivity index (χ1) is 8.50. The van der Waals surface area contributed by atoms with Gasteiger partial charge in [0.1, 0.15) is 12.4 Å². The molecule has 2 N–H and O–H groups in total. The number of hydrogen-bond acceptors (Lipinski definition) is 3. The zero-order valence-electron chi connectivity index (χ0n) is 10.7. The van der Waals surface area contributed by atoms with Gasteiger partial charge in [-0.3, -0.25) is 0 Å². The Kier molecular flexibility index (Phi) is 6.01. The van der Waals surface area contributed by atoms with Crippen LogP contribution in [0.25, 0.3) is 0 Å². The van der Waals surface area contributed by atoms with Crippen molar-refractivity contribution in [3.05, 3.63) is 28.8 Å². The number of hydrogen-bond donors (Lipinski definition) is 2. The molecule has 0 atom stereocenters. The summed E-state index contributed by atoms with van der Waals surface area (Å²) in [6.45, 7) is 4.58. The van der Waals surface area contributed by atoms with Gasteiger partial charge >= 0.3 is 0 Å². The van der Waals surface area contributed by atoms with Gasteiger partial charge in [0.2, 0.25) is 0 Å². The topological polar surface area (TPSA) is 41.5 Å². The summed E-state index contributed by atoms with van der Waals surface area (Å²) in [7, 11) is 0. The zero-order chi connectivity index (χ0) is 13.5. The standard InChI is InChI=1S/C13H19F2NO2/c1-9-5-11(6-10(2)13(9)17)7-16-3-4-18-8-12(14)15/h5-6,12,16-17H,3-4,7-8H2,1-2H3. The highest BCUT2D eigenvalue weighted by atomic mass is 19.3. The lowest BCUT2D eigenvalue weighted by molar-refractivity contribution is 0.0187. The van der Waals surface area contributed by atoms with Crippen LogP contribution in [0.4, 0.5) is 8.78 Å². The molecular formula is C13H19F2NO2. The van der Waals surface area contributed by atoms with E-state index >= 15 is 0 Å². The van der Waals surface area contributed by atoms with Crippen LogP contribution in [0, 0.1) is 13.8 Å². The highest BCUT2D eigenvalue weighted by Gasteiger charge is 2.03. The van der Waals surface area contributed by atoms with Crippen LogP contribution < -0.4 is 5.32 Å². The van der Waals surface area contributed by atoms with Gasteiger partial charge in [0, 0.05) is 13.1 Å². The van der Waals surface area contributed by atoms with E-state index in [0.29, 0.717) is 18.8 Å². The molecule has 0 fully saturated rings. The molecule has 0 bridgehead atoms. The average Bonchev–Trinajstić information content (AvgIpc) is 2.30. The van der Waals surface area contributed by atoms with Gasteiger partial charge in [0.25, 0.3) is 6.43 Å². The first kappa shape index (κ1) is 14.9. The third-order valence-corrected chi connectivity index (χ3v) is 2.55. The molecular weight excluding hydrogens is 240 g/mol. The number of phenols is 1. The van der Waals surface area contributed by atoms with E-state index in [-0.39, 0.29) is 6.61 Å². The molecule has 3 nitrogen and oxygen atoms in total. The summed E-state index contributed by atoms with van der Waals surface area (Å²) in [5.74, 6) is 0.319. The molecule has 18 heavy (non-hydrogen) atoms. The lowest BCUT2D eigenvalue weighted by Gasteiger charge is -2.09. The number of aryl methyl sites for hydroxylation is 2. The molecule has 0 aliphatic rings. The van der Waals surface area contributed by atoms with E-state index in [4.69, 9.17) is 4.74 Å². The summed E-state index contributed by atoms with van der Waals surface area (Å²) in [6, 6.07) is 3.80. The summed E-state index contributed by atoms with van der Waals surface area (Å²) in [5.41, 5.74) is 2.72. The fourth-order valence-corrected chi connectivity index (χ4v) is 1.70. The van der Waals surface area contributed by atoms with Crippen molar-refractivity contribution in [2.24, 2.45) is 0 Å². The Hall–Kier alpha value is -1.20. The van der Waals surface area contributed by atoms with Crippen molar-refractivity contribution in [1.29, 1.82) is 0 Å². The van der Waals surface area contributed by atoms with Crippen molar-refractivity contribution in [2.45, 2.75) is 26.8 Å². The molecule has 5 heteroatoms. The van der Waals surface area contributed by atoms with Crippen molar-refractivity contribution in [3.63, 3.8) is 0 Å². The summed E-state index contributed by atoms with van der Waals surface area (Å²) in [4.78, 5) is 0. The first-order valence-corrected chi connectivity index (χ1v) is 5.86. The number of phenolic OH excluding ortho intramolecular Hbond substituents is 1. The maximum atomic E-state index is 11.8. The molecule has 1 aromatic rings. The van der Waals surface area contributed by atoms with Gasteiger partial charge in [-0.05, 0) is 30.5 Å². The second-order valence-electron chi connectivity index (χ2n) is 4.22. The summed E-state index contributed by atoms with van der Waals surface area (Å²) >= 11 is 0. The van der Waals surface area contributed by atoms with Crippen molar-refractivity contribution in [1.82, 2.24) is 5.32 Å². The average molecular weight is 259 g/mol. The Morgan fingerprint density at radius 2 is 1.89 bits per heavy atom. The molecule has 102 valence electrons. The molecule has 0 aliphatic carbocycles. The minimum Gasteiger partial charge on any atom is -0.507 e. The highest BCUT2D eigenvalue weighted by Crippen LogP contribution is 2.22. The Balaban J connectivity index is 2.27. The molecule has 0 amide bonds. The van der Waals surface area contributed by atoms with Gasteiger partial charge in [-0.15, -0.1) is 0 Å². The number of nitrogens with one attached hydrogen (secondary N) is 1. The Labute approximate surface area is 106 Å². The smallest absolute Gasteiger partial charge is 0.261 e. The molecule has 0 radical (unpaired) electrons. The van der Waals surface area contributed by atoms with Gasteiger partial charge in [0.15, 0.2) is 0 Å². The van der Waals surface area contributed by atoms with E-state index in [0.717, 1.165) is 16.7 Å². The number of aromatic hydroxyl groups is 1. The van der Waals surface area contributed by atoms with Crippen LogP contribution in [-0.4, -0.2) is 31.3 Å². The minimum atomic E-state index is -2.41. The molecule has 0 aromatic heterocycles. The number of benzene rings is 1. The van der Waals surface area contributed by atoms with Gasteiger partial charge in [0.05, 0.1) is 6.61 Å². The lowest BCUT2D eigenvalue weighted by atomic mass is 10.1. The predicted molar refractivity (Wildman–Crippen MR) is 66.1 cm³/mol. The van der Waals surface area contributed by atoms with E-state index in [1.165, 1.54) is 0 Å². The van der Waals surface area contributed by atoms with E-state index in [2.05, 4.69) is 5.32 Å². The van der Waals surface area contributed by atoms with Crippen LogP contribution in [0.1, 0.15) is 16.7 Å². The number of alkyl halides is 2. The Bertz CT molecular complexity index is 360. The molecule has 0 unspecified atom stereocenters. The second kappa shape index (κ2) is 7.28. The van der Waals surface area contributed by atoms with Crippen LogP contribution in [-0.2, 0) is 11.3 Å². The maximum absolute atomic E-state index is 11.8. The third kappa shape index (κ3) is 4.98. The van der Waals surface area contributed by atoms with Crippen LogP contribution in [0.5, 0.6) is 5.75 Å². The quantitative estimate of drug-likeness (QED) is 0.739. The molecule has 0 saturated carbocycles. The fourth-order valence-electron chi connectivity index (χ4n) is 1.70. The molecule has 1 aromatic carbocycles. The summed E-state index contributed by atoms with van der Waals surface area (Å²) in [6.07, 6.45) is -2.41. The SMILES string of the molecule is Cc1cc(CNCCOCC(F)F)cc(C)c1O. The van der Waals surface area contributed by atoms with Gasteiger partial charge in [-0.2, -0.15) is 0 Å². The lowest BCUT2D eigenvalue weighted by Crippen LogP contribution is -2.20. The number of halogens is 2. The van der Waals surface area contributed by atoms with E-state index < -0.39 is 13.0 Å². The predicted octanol–water partition coefficient (Wildman–Crippen LogP) is 2.38. The molecule has 0 aliphatic heterocycles. The van der Waals surface area contributed by atoms with Crippen molar-refractivity contribution in [2.75, 3.05) is 19.8 Å². The van der Waals surface area contributed by atoms with Gasteiger partial charge in [-0.25, -0.2) is 8.78 Å². The molecule has 0 heterocycles. The Morgan fingerprint density at radius 3 is 2.44 bits per heavy atom. The van der Waals surface area contributed by atoms with E-state index in [9.17, 15) is 13.9 Å². The summed E-state index contributed by atoms with van der Waals surface area (Å²) in [5, 5.41) is 12.7.